The van der Waals surface area contributed by atoms with Crippen LogP contribution in [0.1, 0.15) is 25.1 Å². The number of pyridine rings is 1. The van der Waals surface area contributed by atoms with Crippen LogP contribution in [0.25, 0.3) is 0 Å². The summed E-state index contributed by atoms with van der Waals surface area (Å²) in [6.07, 6.45) is 1.67. The summed E-state index contributed by atoms with van der Waals surface area (Å²) in [6.45, 7) is 4.56. The van der Waals surface area contributed by atoms with Crippen molar-refractivity contribution >= 4 is 11.8 Å². The molecule has 1 aliphatic heterocycles. The van der Waals surface area contributed by atoms with Crippen molar-refractivity contribution in [3.63, 3.8) is 0 Å². The van der Waals surface area contributed by atoms with Gasteiger partial charge < -0.3 is 5.73 Å². The molecule has 2 heterocycles. The number of aromatic nitrogens is 1. The van der Waals surface area contributed by atoms with Crippen molar-refractivity contribution in [3.05, 3.63) is 29.6 Å². The Bertz CT molecular complexity index is 544. The van der Waals surface area contributed by atoms with E-state index in [1.54, 1.807) is 12.3 Å². The van der Waals surface area contributed by atoms with E-state index in [0.717, 1.165) is 11.3 Å². The van der Waals surface area contributed by atoms with Crippen molar-refractivity contribution in [2.75, 3.05) is 0 Å². The number of hydrogen-bond acceptors (Lipinski definition) is 4. The van der Waals surface area contributed by atoms with Gasteiger partial charge in [0.2, 0.25) is 11.8 Å². The van der Waals surface area contributed by atoms with E-state index in [-0.39, 0.29) is 29.1 Å². The molecule has 2 amide bonds. The van der Waals surface area contributed by atoms with Crippen LogP contribution in [0.5, 0.6) is 0 Å². The first-order chi connectivity index (χ1) is 8.98. The Labute approximate surface area is 111 Å². The number of rotatable bonds is 3. The lowest BCUT2D eigenvalue weighted by molar-refractivity contribution is -0.143. The van der Waals surface area contributed by atoms with Crippen LogP contribution in [0.4, 0.5) is 0 Å². The largest absolute Gasteiger partial charge is 0.325 e. The van der Waals surface area contributed by atoms with E-state index in [1.807, 2.05) is 19.9 Å². The molecule has 0 spiro atoms. The lowest BCUT2D eigenvalue weighted by Gasteiger charge is -2.21. The number of likely N-dealkylation sites (tertiary alicyclic amines) is 1. The van der Waals surface area contributed by atoms with Crippen LogP contribution in [0.3, 0.4) is 0 Å². The lowest BCUT2D eigenvalue weighted by Crippen LogP contribution is -2.36. The fraction of sp³-hybridized carbons (Fsp3) is 0.500. The highest BCUT2D eigenvalue weighted by Crippen LogP contribution is 2.63. The van der Waals surface area contributed by atoms with Crippen LogP contribution in [-0.4, -0.2) is 21.7 Å². The number of carbonyl (C=O) groups is 2. The molecule has 0 bridgehead atoms. The zero-order chi connectivity index (χ0) is 13.8. The van der Waals surface area contributed by atoms with Gasteiger partial charge >= 0.3 is 0 Å². The van der Waals surface area contributed by atoms with Crippen molar-refractivity contribution in [2.24, 2.45) is 23.0 Å². The Hall–Kier alpha value is -1.75. The minimum atomic E-state index is -0.156. The molecule has 0 radical (unpaired) electrons. The third-order valence-electron chi connectivity index (χ3n) is 4.40. The molecule has 2 unspecified atom stereocenters. The van der Waals surface area contributed by atoms with Crippen molar-refractivity contribution in [3.8, 4) is 0 Å². The smallest absolute Gasteiger partial charge is 0.233 e. The van der Waals surface area contributed by atoms with Crippen LogP contribution >= 0.6 is 0 Å². The van der Waals surface area contributed by atoms with E-state index in [9.17, 15) is 9.59 Å². The van der Waals surface area contributed by atoms with Crippen molar-refractivity contribution < 1.29 is 9.59 Å². The molecule has 1 saturated carbocycles. The quantitative estimate of drug-likeness (QED) is 0.810. The van der Waals surface area contributed by atoms with Crippen molar-refractivity contribution in [1.82, 2.24) is 9.88 Å². The molecule has 100 valence electrons. The van der Waals surface area contributed by atoms with Gasteiger partial charge in [-0.1, -0.05) is 19.9 Å². The number of amides is 2. The van der Waals surface area contributed by atoms with Gasteiger partial charge in [0.05, 0.1) is 24.1 Å². The highest BCUT2D eigenvalue weighted by atomic mass is 16.2. The van der Waals surface area contributed by atoms with Gasteiger partial charge in [-0.05, 0) is 17.0 Å². The van der Waals surface area contributed by atoms with Gasteiger partial charge in [0.15, 0.2) is 0 Å². The molecule has 2 atom stereocenters. The van der Waals surface area contributed by atoms with E-state index in [0.29, 0.717) is 13.1 Å². The second kappa shape index (κ2) is 3.87. The Morgan fingerprint density at radius 2 is 1.95 bits per heavy atom. The Kier molecular flexibility index (Phi) is 2.50. The summed E-state index contributed by atoms with van der Waals surface area (Å²) in [4.78, 5) is 30.0. The molecule has 1 saturated heterocycles. The maximum Gasteiger partial charge on any atom is 0.233 e. The number of carbonyl (C=O) groups excluding carboxylic acids is 2. The Morgan fingerprint density at radius 3 is 2.53 bits per heavy atom. The highest BCUT2D eigenvalue weighted by Gasteiger charge is 2.72. The molecule has 1 aromatic rings. The molecule has 2 N–H and O–H groups in total. The second-order valence-corrected chi connectivity index (χ2v) is 5.85. The molecule has 2 fully saturated rings. The normalized spacial score (nSPS) is 27.6. The van der Waals surface area contributed by atoms with E-state index < -0.39 is 0 Å². The zero-order valence-electron chi connectivity index (χ0n) is 11.1. The van der Waals surface area contributed by atoms with Gasteiger partial charge in [0, 0.05) is 12.7 Å². The third kappa shape index (κ3) is 1.61. The molecule has 19 heavy (non-hydrogen) atoms. The summed E-state index contributed by atoms with van der Waals surface area (Å²) in [5.74, 6) is -0.352. The summed E-state index contributed by atoms with van der Waals surface area (Å²) in [7, 11) is 0. The van der Waals surface area contributed by atoms with Gasteiger partial charge in [-0.25, -0.2) is 0 Å². The zero-order valence-corrected chi connectivity index (χ0v) is 11.1. The molecule has 5 nitrogen and oxygen atoms in total. The third-order valence-corrected chi connectivity index (χ3v) is 4.40. The topological polar surface area (TPSA) is 76.3 Å². The second-order valence-electron chi connectivity index (χ2n) is 5.85. The summed E-state index contributed by atoms with van der Waals surface area (Å²) in [6, 6.07) is 3.66. The summed E-state index contributed by atoms with van der Waals surface area (Å²) in [5, 5.41) is 0. The molecule has 1 aromatic heterocycles. The Morgan fingerprint density at radius 1 is 1.32 bits per heavy atom. The minimum Gasteiger partial charge on any atom is -0.325 e. The van der Waals surface area contributed by atoms with Crippen LogP contribution in [0.15, 0.2) is 18.3 Å². The molecule has 3 rings (SSSR count). The van der Waals surface area contributed by atoms with Crippen molar-refractivity contribution in [1.29, 1.82) is 0 Å². The van der Waals surface area contributed by atoms with Gasteiger partial charge in [-0.2, -0.15) is 0 Å². The standard InChI is InChI=1S/C14H17N3O2/c1-14(2)10-11(14)13(19)17(12(10)18)7-8-4-3-5-16-9(8)6-15/h3-5,10-11H,6-7,15H2,1-2H3. The van der Waals surface area contributed by atoms with Gasteiger partial charge in [0.1, 0.15) is 0 Å². The van der Waals surface area contributed by atoms with E-state index in [1.165, 1.54) is 4.90 Å². The predicted molar refractivity (Wildman–Crippen MR) is 68.4 cm³/mol. The SMILES string of the molecule is CC1(C)C2C(=O)N(Cc3cccnc3CN)C(=O)C21. The highest BCUT2D eigenvalue weighted by molar-refractivity contribution is 6.10. The van der Waals surface area contributed by atoms with Gasteiger partial charge in [-0.3, -0.25) is 19.5 Å². The number of piperidine rings is 1. The number of imide groups is 1. The molecule has 1 aliphatic carbocycles. The molecular weight excluding hydrogens is 242 g/mol. The average molecular weight is 259 g/mol. The van der Waals surface area contributed by atoms with Crippen molar-refractivity contribution in [2.45, 2.75) is 26.9 Å². The maximum absolute atomic E-state index is 12.2. The monoisotopic (exact) mass is 259 g/mol. The van der Waals surface area contributed by atoms with Crippen LogP contribution in [-0.2, 0) is 22.7 Å². The van der Waals surface area contributed by atoms with Crippen LogP contribution in [0, 0.1) is 17.3 Å². The van der Waals surface area contributed by atoms with Gasteiger partial charge in [0.25, 0.3) is 0 Å². The fourth-order valence-electron chi connectivity index (χ4n) is 3.13. The summed E-state index contributed by atoms with van der Waals surface area (Å²) >= 11 is 0. The fourth-order valence-corrected chi connectivity index (χ4v) is 3.13. The number of nitrogens with two attached hydrogens (primary N) is 1. The molecule has 2 aliphatic rings. The maximum atomic E-state index is 12.2. The average Bonchev–Trinajstić information content (AvgIpc) is 2.86. The first kappa shape index (κ1) is 12.3. The molecule has 5 heteroatoms. The number of hydrogen-bond donors (Lipinski definition) is 1. The van der Waals surface area contributed by atoms with Crippen LogP contribution < -0.4 is 5.73 Å². The Balaban J connectivity index is 1.83. The summed E-state index contributed by atoms with van der Waals surface area (Å²) < 4.78 is 0. The van der Waals surface area contributed by atoms with Crippen LogP contribution in [0.2, 0.25) is 0 Å². The first-order valence-electron chi connectivity index (χ1n) is 6.46. The lowest BCUT2D eigenvalue weighted by atomic mass is 10.0. The minimum absolute atomic E-state index is 0.0492. The predicted octanol–water partition coefficient (Wildman–Crippen LogP) is 0.681. The molecular formula is C14H17N3O2. The first-order valence-corrected chi connectivity index (χ1v) is 6.46. The number of fused-ring (bicyclic) bond motifs is 1. The molecule has 0 aromatic carbocycles. The van der Waals surface area contributed by atoms with Gasteiger partial charge in [-0.15, -0.1) is 0 Å². The van der Waals surface area contributed by atoms with E-state index >= 15 is 0 Å². The van der Waals surface area contributed by atoms with E-state index in [4.69, 9.17) is 5.73 Å². The number of nitrogens with zero attached hydrogens (tertiary/aromatic N) is 2. The van der Waals surface area contributed by atoms with E-state index in [2.05, 4.69) is 4.98 Å². The summed E-state index contributed by atoms with van der Waals surface area (Å²) in [5.41, 5.74) is 7.06.